The molecule has 0 unspecified atom stereocenters. The number of benzene rings is 1. The third-order valence-electron chi connectivity index (χ3n) is 2.60. The molecule has 0 bridgehead atoms. The number of urea groups is 1. The van der Waals surface area contributed by atoms with Crippen LogP contribution < -0.4 is 10.6 Å². The number of para-hydroxylation sites is 1. The SMILES string of the molecule is CC1(C)CN(C(=O)Nc2ccccc2I)C(=S)N1. The molecule has 0 radical (unpaired) electrons. The van der Waals surface area contributed by atoms with Gasteiger partial charge in [0.2, 0.25) is 0 Å². The summed E-state index contributed by atoms with van der Waals surface area (Å²) in [5.41, 5.74) is 0.633. The minimum Gasteiger partial charge on any atom is -0.355 e. The van der Waals surface area contributed by atoms with Crippen LogP contribution in [0.25, 0.3) is 0 Å². The van der Waals surface area contributed by atoms with E-state index in [9.17, 15) is 4.79 Å². The lowest BCUT2D eigenvalue weighted by Crippen LogP contribution is -2.37. The zero-order valence-electron chi connectivity index (χ0n) is 10.2. The standard InChI is InChI=1S/C12H14IN3OS/c1-12(2)7-16(11(18)15-12)10(17)14-9-6-4-3-5-8(9)13/h3-6H,7H2,1-2H3,(H,14,17)(H,15,18). The second-order valence-corrected chi connectivity index (χ2v) is 6.36. The van der Waals surface area contributed by atoms with Crippen molar-refractivity contribution in [1.29, 1.82) is 0 Å². The molecule has 1 aromatic rings. The van der Waals surface area contributed by atoms with Crippen LogP contribution in [0.2, 0.25) is 0 Å². The highest BCUT2D eigenvalue weighted by molar-refractivity contribution is 14.1. The zero-order chi connectivity index (χ0) is 13.3. The summed E-state index contributed by atoms with van der Waals surface area (Å²) in [6, 6.07) is 7.45. The van der Waals surface area contributed by atoms with Crippen molar-refractivity contribution in [2.75, 3.05) is 11.9 Å². The van der Waals surface area contributed by atoms with Gasteiger partial charge >= 0.3 is 6.03 Å². The molecule has 4 nitrogen and oxygen atoms in total. The van der Waals surface area contributed by atoms with Crippen molar-refractivity contribution in [3.63, 3.8) is 0 Å². The highest BCUT2D eigenvalue weighted by atomic mass is 127. The monoisotopic (exact) mass is 375 g/mol. The molecule has 1 saturated heterocycles. The Balaban J connectivity index is 2.10. The van der Waals surface area contributed by atoms with Gasteiger partial charge in [0.1, 0.15) is 0 Å². The van der Waals surface area contributed by atoms with Crippen molar-refractivity contribution >= 4 is 51.6 Å². The van der Waals surface area contributed by atoms with E-state index < -0.39 is 0 Å². The fourth-order valence-electron chi connectivity index (χ4n) is 1.77. The lowest BCUT2D eigenvalue weighted by atomic mass is 10.1. The van der Waals surface area contributed by atoms with Crippen LogP contribution in [-0.2, 0) is 0 Å². The number of thiocarbonyl (C=S) groups is 1. The summed E-state index contributed by atoms with van der Waals surface area (Å²) in [7, 11) is 0. The topological polar surface area (TPSA) is 44.4 Å². The van der Waals surface area contributed by atoms with E-state index in [0.29, 0.717) is 11.7 Å². The lowest BCUT2D eigenvalue weighted by Gasteiger charge is -2.18. The molecule has 0 aliphatic carbocycles. The molecule has 96 valence electrons. The van der Waals surface area contributed by atoms with Gasteiger partial charge in [-0.15, -0.1) is 0 Å². The maximum Gasteiger partial charge on any atom is 0.328 e. The van der Waals surface area contributed by atoms with Crippen molar-refractivity contribution in [1.82, 2.24) is 10.2 Å². The fraction of sp³-hybridized carbons (Fsp3) is 0.333. The maximum absolute atomic E-state index is 12.1. The first-order valence-electron chi connectivity index (χ1n) is 5.54. The molecule has 1 aliphatic heterocycles. The Morgan fingerprint density at radius 2 is 2.17 bits per heavy atom. The van der Waals surface area contributed by atoms with E-state index >= 15 is 0 Å². The maximum atomic E-state index is 12.1. The average Bonchev–Trinajstić information content (AvgIpc) is 2.55. The van der Waals surface area contributed by atoms with Crippen molar-refractivity contribution < 1.29 is 4.79 Å². The summed E-state index contributed by atoms with van der Waals surface area (Å²) < 4.78 is 1.00. The van der Waals surface area contributed by atoms with Gasteiger partial charge in [-0.05, 0) is 60.8 Å². The third kappa shape index (κ3) is 2.92. The van der Waals surface area contributed by atoms with Crippen LogP contribution in [0, 0.1) is 3.57 Å². The van der Waals surface area contributed by atoms with E-state index in [1.165, 1.54) is 0 Å². The highest BCUT2D eigenvalue weighted by Gasteiger charge is 2.35. The van der Waals surface area contributed by atoms with E-state index in [1.54, 1.807) is 4.90 Å². The number of carbonyl (C=O) groups is 1. The average molecular weight is 375 g/mol. The van der Waals surface area contributed by atoms with Gasteiger partial charge < -0.3 is 10.6 Å². The number of hydrogen-bond acceptors (Lipinski definition) is 2. The molecule has 2 rings (SSSR count). The molecule has 0 atom stereocenters. The zero-order valence-corrected chi connectivity index (χ0v) is 13.1. The lowest BCUT2D eigenvalue weighted by molar-refractivity contribution is 0.233. The van der Waals surface area contributed by atoms with Gasteiger partial charge in [0.05, 0.1) is 17.8 Å². The van der Waals surface area contributed by atoms with Crippen LogP contribution in [0.4, 0.5) is 10.5 Å². The summed E-state index contributed by atoms with van der Waals surface area (Å²) in [6.45, 7) is 4.60. The van der Waals surface area contributed by atoms with Gasteiger partial charge in [-0.25, -0.2) is 4.79 Å². The minimum atomic E-state index is -0.192. The number of amides is 2. The predicted molar refractivity (Wildman–Crippen MR) is 84.7 cm³/mol. The van der Waals surface area contributed by atoms with E-state index in [0.717, 1.165) is 9.26 Å². The smallest absolute Gasteiger partial charge is 0.328 e. The first-order chi connectivity index (χ1) is 8.39. The van der Waals surface area contributed by atoms with Crippen LogP contribution in [0.3, 0.4) is 0 Å². The predicted octanol–water partition coefficient (Wildman–Crippen LogP) is 2.79. The van der Waals surface area contributed by atoms with Crippen molar-refractivity contribution in [3.05, 3.63) is 27.8 Å². The molecular formula is C12H14IN3OS. The number of hydrogen-bond donors (Lipinski definition) is 2. The molecule has 1 heterocycles. The summed E-state index contributed by atoms with van der Waals surface area (Å²) in [5.74, 6) is 0. The van der Waals surface area contributed by atoms with Crippen LogP contribution in [0.5, 0.6) is 0 Å². The molecule has 1 aromatic carbocycles. The van der Waals surface area contributed by atoms with Crippen molar-refractivity contribution in [2.45, 2.75) is 19.4 Å². The Kier molecular flexibility index (Phi) is 3.76. The summed E-state index contributed by atoms with van der Waals surface area (Å²) in [6.07, 6.45) is 0. The normalized spacial score (nSPS) is 17.5. The quantitative estimate of drug-likeness (QED) is 0.586. The van der Waals surface area contributed by atoms with Crippen molar-refractivity contribution in [2.24, 2.45) is 0 Å². The fourth-order valence-corrected chi connectivity index (χ4v) is 2.72. The Hall–Kier alpha value is -0.890. The van der Waals surface area contributed by atoms with E-state index in [2.05, 4.69) is 33.2 Å². The molecule has 1 aliphatic rings. The molecular weight excluding hydrogens is 361 g/mol. The molecule has 2 amide bonds. The van der Waals surface area contributed by atoms with E-state index in [-0.39, 0.29) is 11.6 Å². The van der Waals surface area contributed by atoms with Crippen LogP contribution in [-0.4, -0.2) is 28.1 Å². The number of anilines is 1. The molecule has 1 fully saturated rings. The molecule has 0 aromatic heterocycles. The molecule has 18 heavy (non-hydrogen) atoms. The van der Waals surface area contributed by atoms with Crippen LogP contribution in [0.15, 0.2) is 24.3 Å². The number of halogens is 1. The first kappa shape index (κ1) is 13.5. The second-order valence-electron chi connectivity index (χ2n) is 4.81. The number of nitrogens with one attached hydrogen (secondary N) is 2. The Bertz CT molecular complexity index is 504. The number of rotatable bonds is 1. The summed E-state index contributed by atoms with van der Waals surface area (Å²) >= 11 is 7.35. The first-order valence-corrected chi connectivity index (χ1v) is 7.03. The van der Waals surface area contributed by atoms with Crippen LogP contribution >= 0.6 is 34.8 Å². The van der Waals surface area contributed by atoms with Gasteiger partial charge in [0.15, 0.2) is 5.11 Å². The van der Waals surface area contributed by atoms with Gasteiger partial charge in [0, 0.05) is 3.57 Å². The Morgan fingerprint density at radius 3 is 2.72 bits per heavy atom. The van der Waals surface area contributed by atoms with Gasteiger partial charge in [-0.3, -0.25) is 4.90 Å². The third-order valence-corrected chi connectivity index (χ3v) is 3.87. The van der Waals surface area contributed by atoms with Crippen LogP contribution in [0.1, 0.15) is 13.8 Å². The number of nitrogens with zero attached hydrogens (tertiary/aromatic N) is 1. The molecule has 2 N–H and O–H groups in total. The van der Waals surface area contributed by atoms with Crippen molar-refractivity contribution in [3.8, 4) is 0 Å². The molecule has 0 saturated carbocycles. The molecule has 6 heteroatoms. The highest BCUT2D eigenvalue weighted by Crippen LogP contribution is 2.20. The largest absolute Gasteiger partial charge is 0.355 e. The van der Waals surface area contributed by atoms with E-state index in [1.807, 2.05) is 38.1 Å². The Labute approximate surface area is 125 Å². The Morgan fingerprint density at radius 1 is 1.50 bits per heavy atom. The van der Waals surface area contributed by atoms with Gasteiger partial charge in [-0.2, -0.15) is 0 Å². The summed E-state index contributed by atoms with van der Waals surface area (Å²) in [4.78, 5) is 13.7. The summed E-state index contributed by atoms with van der Waals surface area (Å²) in [5, 5.41) is 6.47. The van der Waals surface area contributed by atoms with Gasteiger partial charge in [-0.1, -0.05) is 12.1 Å². The number of carbonyl (C=O) groups excluding carboxylic acids is 1. The second kappa shape index (κ2) is 5.00. The van der Waals surface area contributed by atoms with E-state index in [4.69, 9.17) is 12.2 Å². The minimum absolute atomic E-state index is 0.168. The van der Waals surface area contributed by atoms with Gasteiger partial charge in [0.25, 0.3) is 0 Å². The molecule has 0 spiro atoms.